The van der Waals surface area contributed by atoms with Gasteiger partial charge >= 0.3 is 5.97 Å². The molecule has 0 aliphatic carbocycles. The van der Waals surface area contributed by atoms with Gasteiger partial charge in [0.1, 0.15) is 0 Å². The molecule has 0 bridgehead atoms. The SMILES string of the molecule is COC(=O)/C=C(\CCCCl)Sc1ccccc1. The molecule has 1 rings (SSSR count). The van der Waals surface area contributed by atoms with Gasteiger partial charge in [0.2, 0.25) is 0 Å². The van der Waals surface area contributed by atoms with Crippen LogP contribution in [0.3, 0.4) is 0 Å². The Morgan fingerprint density at radius 2 is 2.12 bits per heavy atom. The molecule has 92 valence electrons. The fourth-order valence-corrected chi connectivity index (χ4v) is 2.36. The summed E-state index contributed by atoms with van der Waals surface area (Å²) in [5.74, 6) is 0.270. The van der Waals surface area contributed by atoms with Crippen molar-refractivity contribution in [3.05, 3.63) is 41.3 Å². The van der Waals surface area contributed by atoms with E-state index in [1.165, 1.54) is 13.2 Å². The third kappa shape index (κ3) is 5.80. The highest BCUT2D eigenvalue weighted by Gasteiger charge is 2.04. The highest BCUT2D eigenvalue weighted by Crippen LogP contribution is 2.29. The van der Waals surface area contributed by atoms with E-state index in [2.05, 4.69) is 4.74 Å². The number of rotatable bonds is 6. The molecule has 4 heteroatoms. The zero-order valence-electron chi connectivity index (χ0n) is 9.69. The van der Waals surface area contributed by atoms with Gasteiger partial charge in [-0.15, -0.1) is 11.6 Å². The minimum atomic E-state index is -0.321. The van der Waals surface area contributed by atoms with Crippen molar-refractivity contribution in [3.8, 4) is 0 Å². The maximum absolute atomic E-state index is 11.2. The number of halogens is 1. The maximum Gasteiger partial charge on any atom is 0.331 e. The van der Waals surface area contributed by atoms with Crippen molar-refractivity contribution in [2.45, 2.75) is 17.7 Å². The van der Waals surface area contributed by atoms with Crippen LogP contribution in [0.2, 0.25) is 0 Å². The summed E-state index contributed by atoms with van der Waals surface area (Å²) >= 11 is 7.24. The lowest BCUT2D eigenvalue weighted by molar-refractivity contribution is -0.134. The van der Waals surface area contributed by atoms with E-state index in [1.54, 1.807) is 11.8 Å². The molecule has 1 aromatic carbocycles. The fraction of sp³-hybridized carbons (Fsp3) is 0.308. The smallest absolute Gasteiger partial charge is 0.331 e. The Kier molecular flexibility index (Phi) is 6.82. The van der Waals surface area contributed by atoms with Gasteiger partial charge < -0.3 is 4.74 Å². The van der Waals surface area contributed by atoms with Crippen molar-refractivity contribution in [2.75, 3.05) is 13.0 Å². The number of carbonyl (C=O) groups is 1. The summed E-state index contributed by atoms with van der Waals surface area (Å²) in [6, 6.07) is 9.93. The lowest BCUT2D eigenvalue weighted by Crippen LogP contribution is -1.96. The molecule has 0 saturated heterocycles. The first-order valence-electron chi connectivity index (χ1n) is 5.33. The number of alkyl halides is 1. The van der Waals surface area contributed by atoms with E-state index in [9.17, 15) is 4.79 Å². The van der Waals surface area contributed by atoms with Gasteiger partial charge in [-0.25, -0.2) is 4.79 Å². The average Bonchev–Trinajstić information content (AvgIpc) is 2.37. The van der Waals surface area contributed by atoms with Crippen LogP contribution < -0.4 is 0 Å². The largest absolute Gasteiger partial charge is 0.466 e. The van der Waals surface area contributed by atoms with Gasteiger partial charge in [0.25, 0.3) is 0 Å². The molecule has 1 aromatic rings. The van der Waals surface area contributed by atoms with Crippen molar-refractivity contribution in [1.29, 1.82) is 0 Å². The first-order chi connectivity index (χ1) is 8.26. The molecule has 0 spiro atoms. The van der Waals surface area contributed by atoms with E-state index in [0.717, 1.165) is 22.6 Å². The van der Waals surface area contributed by atoms with Crippen molar-refractivity contribution in [2.24, 2.45) is 0 Å². The van der Waals surface area contributed by atoms with E-state index in [1.807, 2.05) is 30.3 Å². The van der Waals surface area contributed by atoms with Gasteiger partial charge in [-0.2, -0.15) is 0 Å². The number of ether oxygens (including phenoxy) is 1. The molecule has 0 aromatic heterocycles. The molecule has 0 N–H and O–H groups in total. The molecular weight excluding hydrogens is 256 g/mol. The predicted octanol–water partition coefficient (Wildman–Crippen LogP) is 3.85. The zero-order valence-corrected chi connectivity index (χ0v) is 11.3. The lowest BCUT2D eigenvalue weighted by Gasteiger charge is -2.05. The number of thioether (sulfide) groups is 1. The van der Waals surface area contributed by atoms with E-state index in [0.29, 0.717) is 5.88 Å². The molecule has 0 heterocycles. The summed E-state index contributed by atoms with van der Waals surface area (Å²) in [6.45, 7) is 0. The molecule has 0 aliphatic heterocycles. The van der Waals surface area contributed by atoms with E-state index >= 15 is 0 Å². The molecule has 0 aliphatic rings. The predicted molar refractivity (Wildman–Crippen MR) is 72.4 cm³/mol. The van der Waals surface area contributed by atoms with Crippen LogP contribution in [-0.2, 0) is 9.53 Å². The molecule has 0 unspecified atom stereocenters. The van der Waals surface area contributed by atoms with Crippen LogP contribution in [0, 0.1) is 0 Å². The van der Waals surface area contributed by atoms with Crippen LogP contribution in [-0.4, -0.2) is 19.0 Å². The lowest BCUT2D eigenvalue weighted by atomic mass is 10.3. The summed E-state index contributed by atoms with van der Waals surface area (Å²) < 4.78 is 4.64. The van der Waals surface area contributed by atoms with E-state index in [-0.39, 0.29) is 5.97 Å². The normalized spacial score (nSPS) is 11.3. The van der Waals surface area contributed by atoms with Crippen LogP contribution in [0.15, 0.2) is 46.2 Å². The van der Waals surface area contributed by atoms with Gasteiger partial charge in [0, 0.05) is 16.9 Å². The zero-order chi connectivity index (χ0) is 12.5. The Hall–Kier alpha value is -0.930. The molecule has 0 saturated carbocycles. The summed E-state index contributed by atoms with van der Waals surface area (Å²) in [5, 5.41) is 0. The Bertz CT molecular complexity index is 376. The van der Waals surface area contributed by atoms with Crippen molar-refractivity contribution < 1.29 is 9.53 Å². The Balaban J connectivity index is 2.70. The van der Waals surface area contributed by atoms with Gasteiger partial charge in [-0.05, 0) is 29.9 Å². The van der Waals surface area contributed by atoms with Crippen molar-refractivity contribution in [1.82, 2.24) is 0 Å². The van der Waals surface area contributed by atoms with Gasteiger partial charge in [-0.3, -0.25) is 0 Å². The summed E-state index contributed by atoms with van der Waals surface area (Å²) in [4.78, 5) is 13.3. The number of esters is 1. The number of hydrogen-bond donors (Lipinski definition) is 0. The fourth-order valence-electron chi connectivity index (χ4n) is 1.22. The minimum Gasteiger partial charge on any atom is -0.466 e. The Morgan fingerprint density at radius 3 is 2.71 bits per heavy atom. The Morgan fingerprint density at radius 1 is 1.41 bits per heavy atom. The first-order valence-corrected chi connectivity index (χ1v) is 6.68. The molecule has 0 amide bonds. The Labute approximate surface area is 111 Å². The molecule has 0 atom stereocenters. The standard InChI is InChI=1S/C13H15ClO2S/c1-16-13(15)10-12(8-5-9-14)17-11-6-3-2-4-7-11/h2-4,6-7,10H,5,8-9H2,1H3/b12-10+. The van der Waals surface area contributed by atoms with Gasteiger partial charge in [0.05, 0.1) is 7.11 Å². The number of carbonyl (C=O) groups excluding carboxylic acids is 1. The van der Waals surface area contributed by atoms with Crippen LogP contribution in [0.4, 0.5) is 0 Å². The van der Waals surface area contributed by atoms with Crippen molar-refractivity contribution >= 4 is 29.3 Å². The number of methoxy groups -OCH3 is 1. The number of hydrogen-bond acceptors (Lipinski definition) is 3. The number of benzene rings is 1. The second kappa shape index (κ2) is 8.20. The molecule has 0 radical (unpaired) electrons. The third-order valence-corrected chi connectivity index (χ3v) is 3.39. The van der Waals surface area contributed by atoms with Crippen LogP contribution in [0.25, 0.3) is 0 Å². The maximum atomic E-state index is 11.2. The average molecular weight is 271 g/mol. The van der Waals surface area contributed by atoms with E-state index < -0.39 is 0 Å². The first kappa shape index (κ1) is 14.1. The number of allylic oxidation sites excluding steroid dienone is 1. The second-order valence-corrected chi connectivity index (χ2v) is 4.92. The molecular formula is C13H15ClO2S. The monoisotopic (exact) mass is 270 g/mol. The second-order valence-electron chi connectivity index (χ2n) is 3.34. The van der Waals surface area contributed by atoms with Crippen LogP contribution in [0.1, 0.15) is 12.8 Å². The third-order valence-electron chi connectivity index (χ3n) is 2.03. The highest BCUT2D eigenvalue weighted by atomic mass is 35.5. The van der Waals surface area contributed by atoms with Gasteiger partial charge in [-0.1, -0.05) is 30.0 Å². The molecule has 17 heavy (non-hydrogen) atoms. The van der Waals surface area contributed by atoms with E-state index in [4.69, 9.17) is 11.6 Å². The molecule has 0 fully saturated rings. The van der Waals surface area contributed by atoms with Gasteiger partial charge in [0.15, 0.2) is 0 Å². The highest BCUT2D eigenvalue weighted by molar-refractivity contribution is 8.03. The molecule has 2 nitrogen and oxygen atoms in total. The van der Waals surface area contributed by atoms with Crippen molar-refractivity contribution in [3.63, 3.8) is 0 Å². The summed E-state index contributed by atoms with van der Waals surface area (Å²) in [5.41, 5.74) is 0. The quantitative estimate of drug-likeness (QED) is 0.340. The minimum absolute atomic E-state index is 0.321. The van der Waals surface area contributed by atoms with Crippen LogP contribution in [0.5, 0.6) is 0 Å². The van der Waals surface area contributed by atoms with Crippen LogP contribution >= 0.6 is 23.4 Å². The summed E-state index contributed by atoms with van der Waals surface area (Å²) in [6.07, 6.45) is 3.17. The topological polar surface area (TPSA) is 26.3 Å². The summed E-state index contributed by atoms with van der Waals surface area (Å²) in [7, 11) is 1.38.